The third-order valence-corrected chi connectivity index (χ3v) is 4.52. The van der Waals surface area contributed by atoms with Gasteiger partial charge in [0.1, 0.15) is 0 Å². The van der Waals surface area contributed by atoms with Crippen molar-refractivity contribution >= 4 is 29.2 Å². The van der Waals surface area contributed by atoms with Crippen molar-refractivity contribution in [3.63, 3.8) is 0 Å². The second kappa shape index (κ2) is 10.0. The van der Waals surface area contributed by atoms with Gasteiger partial charge in [-0.1, -0.05) is 28.9 Å². The molecule has 0 spiro atoms. The lowest BCUT2D eigenvalue weighted by Crippen LogP contribution is -2.34. The van der Waals surface area contributed by atoms with Gasteiger partial charge >= 0.3 is 17.6 Å². The fourth-order valence-corrected chi connectivity index (χ4v) is 3.13. The summed E-state index contributed by atoms with van der Waals surface area (Å²) in [7, 11) is 0. The van der Waals surface area contributed by atoms with E-state index in [-0.39, 0.29) is 36.8 Å². The fourth-order valence-electron chi connectivity index (χ4n) is 3.01. The molecule has 2 rings (SSSR count). The van der Waals surface area contributed by atoms with E-state index in [1.54, 1.807) is 38.1 Å². The second-order valence-corrected chi connectivity index (χ2v) is 6.58. The molecule has 2 aromatic rings. The number of hydrogen-bond acceptors (Lipinski definition) is 8. The first-order chi connectivity index (χ1) is 13.8. The van der Waals surface area contributed by atoms with E-state index in [0.717, 1.165) is 0 Å². The Hall–Kier alpha value is -2.94. The number of aromatic nitrogens is 1. The van der Waals surface area contributed by atoms with E-state index in [1.165, 1.54) is 6.92 Å². The summed E-state index contributed by atoms with van der Waals surface area (Å²) in [5.41, 5.74) is 0.350. The Bertz CT molecular complexity index is 861. The summed E-state index contributed by atoms with van der Waals surface area (Å²) in [6.45, 7) is 4.79. The highest BCUT2D eigenvalue weighted by molar-refractivity contribution is 6.30. The lowest BCUT2D eigenvalue weighted by Gasteiger charge is -2.23. The van der Waals surface area contributed by atoms with Crippen LogP contribution in [0.2, 0.25) is 5.02 Å². The van der Waals surface area contributed by atoms with Gasteiger partial charge in [0.25, 0.3) is 0 Å². The topological polar surface area (TPSA) is 122 Å². The summed E-state index contributed by atoms with van der Waals surface area (Å²) in [5, 5.41) is 15.5. The Morgan fingerprint density at radius 1 is 1.17 bits per heavy atom. The van der Waals surface area contributed by atoms with Crippen molar-refractivity contribution in [2.45, 2.75) is 33.1 Å². The van der Waals surface area contributed by atoms with Crippen LogP contribution in [0.15, 0.2) is 28.8 Å². The monoisotopic (exact) mass is 424 g/mol. The van der Waals surface area contributed by atoms with Gasteiger partial charge in [-0.3, -0.25) is 19.7 Å². The third-order valence-electron chi connectivity index (χ3n) is 4.27. The molecule has 9 nitrogen and oxygen atoms in total. The average molecular weight is 425 g/mol. The molecule has 0 saturated carbocycles. The predicted molar refractivity (Wildman–Crippen MR) is 103 cm³/mol. The largest absolute Gasteiger partial charge is 0.465 e. The number of aryl methyl sites for hydroxylation is 1. The number of carbonyl (C=O) groups excluding carboxylic acids is 2. The van der Waals surface area contributed by atoms with Crippen LogP contribution in [0.4, 0.5) is 5.69 Å². The number of nitrogens with zero attached hydrogens (tertiary/aromatic N) is 2. The number of hydrogen-bond donors (Lipinski definition) is 0. The number of ether oxygens (including phenoxy) is 2. The van der Waals surface area contributed by atoms with E-state index in [1.807, 2.05) is 0 Å². The first kappa shape index (κ1) is 22.4. The summed E-state index contributed by atoms with van der Waals surface area (Å²) in [5.74, 6) is -3.82. The van der Waals surface area contributed by atoms with Crippen LogP contribution in [-0.2, 0) is 25.5 Å². The molecule has 0 N–H and O–H groups in total. The van der Waals surface area contributed by atoms with Crippen molar-refractivity contribution in [1.29, 1.82) is 0 Å². The van der Waals surface area contributed by atoms with Crippen molar-refractivity contribution in [1.82, 2.24) is 5.16 Å². The highest BCUT2D eigenvalue weighted by Gasteiger charge is 2.41. The molecule has 0 saturated heterocycles. The van der Waals surface area contributed by atoms with Gasteiger partial charge in [0.15, 0.2) is 11.6 Å². The molecule has 0 aliphatic heterocycles. The van der Waals surface area contributed by atoms with Crippen LogP contribution in [0.5, 0.6) is 0 Å². The Morgan fingerprint density at radius 3 is 2.21 bits per heavy atom. The summed E-state index contributed by atoms with van der Waals surface area (Å²) in [6.07, 6.45) is -0.138. The van der Waals surface area contributed by atoms with Crippen LogP contribution < -0.4 is 0 Å². The zero-order valence-electron chi connectivity index (χ0n) is 16.2. The lowest BCUT2D eigenvalue weighted by molar-refractivity contribution is -0.386. The zero-order chi connectivity index (χ0) is 21.6. The van der Waals surface area contributed by atoms with Gasteiger partial charge in [-0.25, -0.2) is 0 Å². The van der Waals surface area contributed by atoms with Crippen LogP contribution in [0.25, 0.3) is 0 Å². The Labute approximate surface area is 172 Å². The summed E-state index contributed by atoms with van der Waals surface area (Å²) in [6, 6.07) is 6.45. The van der Waals surface area contributed by atoms with Gasteiger partial charge in [-0.2, -0.15) is 0 Å². The molecular formula is C19H21ClN2O7. The molecule has 0 bridgehead atoms. The molecule has 0 aliphatic rings. The standard InChI is InChI=1S/C19H21ClN2O7/c1-4-27-18(23)16(19(24)28-5-2)14(12-6-8-13(20)9-7-12)10-15-17(22(25)26)11(3)21-29-15/h6-9,14,16H,4-5,10H2,1-3H3. The molecule has 1 aromatic carbocycles. The molecule has 156 valence electrons. The normalized spacial score (nSPS) is 11.9. The highest BCUT2D eigenvalue weighted by Crippen LogP contribution is 2.35. The predicted octanol–water partition coefficient (Wildman–Crippen LogP) is 3.61. The minimum atomic E-state index is -1.35. The van der Waals surface area contributed by atoms with E-state index >= 15 is 0 Å². The Balaban J connectivity index is 2.55. The highest BCUT2D eigenvalue weighted by atomic mass is 35.5. The van der Waals surface area contributed by atoms with E-state index < -0.39 is 28.7 Å². The van der Waals surface area contributed by atoms with Crippen LogP contribution in [-0.4, -0.2) is 35.2 Å². The van der Waals surface area contributed by atoms with E-state index in [0.29, 0.717) is 10.6 Å². The molecule has 1 heterocycles. The zero-order valence-corrected chi connectivity index (χ0v) is 17.0. The maximum absolute atomic E-state index is 12.6. The second-order valence-electron chi connectivity index (χ2n) is 6.14. The smallest absolute Gasteiger partial charge is 0.334 e. The van der Waals surface area contributed by atoms with Crippen LogP contribution >= 0.6 is 11.6 Å². The molecule has 0 radical (unpaired) electrons. The maximum atomic E-state index is 12.6. The van der Waals surface area contributed by atoms with Crippen LogP contribution in [0.1, 0.15) is 36.8 Å². The van der Waals surface area contributed by atoms with Crippen molar-refractivity contribution in [2.75, 3.05) is 13.2 Å². The van der Waals surface area contributed by atoms with Crippen molar-refractivity contribution in [2.24, 2.45) is 5.92 Å². The number of halogens is 1. The van der Waals surface area contributed by atoms with Gasteiger partial charge in [-0.05, 0) is 38.5 Å². The average Bonchev–Trinajstić information content (AvgIpc) is 3.03. The molecule has 1 aromatic heterocycles. The van der Waals surface area contributed by atoms with Crippen molar-refractivity contribution in [3.05, 3.63) is 56.4 Å². The minimum Gasteiger partial charge on any atom is -0.465 e. The van der Waals surface area contributed by atoms with Gasteiger partial charge in [0, 0.05) is 17.4 Å². The lowest BCUT2D eigenvalue weighted by atomic mass is 9.82. The molecule has 0 aliphatic carbocycles. The molecular weight excluding hydrogens is 404 g/mol. The summed E-state index contributed by atoms with van der Waals surface area (Å²) in [4.78, 5) is 36.1. The fraction of sp³-hybridized carbons (Fsp3) is 0.421. The van der Waals surface area contributed by atoms with Gasteiger partial charge in [0.05, 0.1) is 18.1 Å². The molecule has 10 heteroatoms. The molecule has 0 amide bonds. The van der Waals surface area contributed by atoms with Crippen molar-refractivity contribution < 1.29 is 28.5 Å². The van der Waals surface area contributed by atoms with Crippen LogP contribution in [0.3, 0.4) is 0 Å². The minimum absolute atomic E-state index is 0.0500. The van der Waals surface area contributed by atoms with Gasteiger partial charge < -0.3 is 14.0 Å². The van der Waals surface area contributed by atoms with E-state index in [2.05, 4.69) is 5.16 Å². The van der Waals surface area contributed by atoms with Crippen LogP contribution in [0, 0.1) is 23.0 Å². The Morgan fingerprint density at radius 2 is 1.72 bits per heavy atom. The number of carbonyl (C=O) groups is 2. The SMILES string of the molecule is CCOC(=O)C(C(=O)OCC)C(Cc1onc(C)c1[N+](=O)[O-])c1ccc(Cl)cc1. The molecule has 1 unspecified atom stereocenters. The van der Waals surface area contributed by atoms with Gasteiger partial charge in [-0.15, -0.1) is 0 Å². The summed E-state index contributed by atoms with van der Waals surface area (Å²) < 4.78 is 15.3. The maximum Gasteiger partial charge on any atom is 0.334 e. The van der Waals surface area contributed by atoms with Crippen molar-refractivity contribution in [3.8, 4) is 0 Å². The number of nitro groups is 1. The van der Waals surface area contributed by atoms with Gasteiger partial charge in [0.2, 0.25) is 5.76 Å². The first-order valence-corrected chi connectivity index (χ1v) is 9.36. The van der Waals surface area contributed by atoms with E-state index in [4.69, 9.17) is 25.6 Å². The Kier molecular flexibility index (Phi) is 7.72. The third kappa shape index (κ3) is 5.32. The molecule has 29 heavy (non-hydrogen) atoms. The summed E-state index contributed by atoms with van der Waals surface area (Å²) >= 11 is 5.95. The number of rotatable bonds is 9. The van der Waals surface area contributed by atoms with E-state index in [9.17, 15) is 19.7 Å². The first-order valence-electron chi connectivity index (χ1n) is 8.98. The number of benzene rings is 1. The molecule has 1 atom stereocenters. The molecule has 0 fully saturated rings. The quantitative estimate of drug-likeness (QED) is 0.259. The number of esters is 2.